The van der Waals surface area contributed by atoms with Gasteiger partial charge in [-0.1, -0.05) is 24.9 Å². The normalized spacial score (nSPS) is 10.0. The first kappa shape index (κ1) is 9.92. The number of aromatic carboxylic acids is 1. The van der Waals surface area contributed by atoms with E-state index in [0.717, 1.165) is 6.42 Å². The number of carboxylic acid groups (broad SMARTS) is 1. The van der Waals surface area contributed by atoms with Crippen molar-refractivity contribution in [1.82, 2.24) is 10.2 Å². The second kappa shape index (κ2) is 4.18. The van der Waals surface area contributed by atoms with Gasteiger partial charge in [-0.3, -0.25) is 0 Å². The number of aromatic nitrogens is 2. The molecule has 0 radical (unpaired) electrons. The topological polar surface area (TPSA) is 63.1 Å². The monoisotopic (exact) mass is 200 g/mol. The predicted molar refractivity (Wildman–Crippen MR) is 48.0 cm³/mol. The van der Waals surface area contributed by atoms with Gasteiger partial charge in [-0.25, -0.2) is 4.79 Å². The second-order valence-corrected chi connectivity index (χ2v) is 2.95. The van der Waals surface area contributed by atoms with Crippen LogP contribution in [0.3, 0.4) is 0 Å². The quantitative estimate of drug-likeness (QED) is 0.808. The number of carboxylic acids is 1. The Labute approximate surface area is 80.6 Å². The average molecular weight is 201 g/mol. The molecule has 1 N–H and O–H groups in total. The van der Waals surface area contributed by atoms with Gasteiger partial charge in [-0.15, -0.1) is 5.10 Å². The van der Waals surface area contributed by atoms with Crippen molar-refractivity contribution in [2.24, 2.45) is 0 Å². The molecule has 4 nitrogen and oxygen atoms in total. The Morgan fingerprint density at radius 1 is 1.69 bits per heavy atom. The molecule has 1 heterocycles. The van der Waals surface area contributed by atoms with E-state index in [1.165, 1.54) is 6.20 Å². The first-order valence-electron chi connectivity index (χ1n) is 3.90. The molecule has 0 atom stereocenters. The summed E-state index contributed by atoms with van der Waals surface area (Å²) >= 11 is 5.61. The van der Waals surface area contributed by atoms with Gasteiger partial charge in [-0.05, 0) is 12.0 Å². The molecule has 0 spiro atoms. The largest absolute Gasteiger partial charge is 0.478 e. The highest BCUT2D eigenvalue weighted by molar-refractivity contribution is 6.32. The van der Waals surface area contributed by atoms with E-state index in [1.54, 1.807) is 0 Å². The summed E-state index contributed by atoms with van der Waals surface area (Å²) in [7, 11) is 0. The molecule has 13 heavy (non-hydrogen) atoms. The molecular formula is C8H9ClN2O2. The molecule has 0 bridgehead atoms. The van der Waals surface area contributed by atoms with Gasteiger partial charge in [0, 0.05) is 0 Å². The average Bonchev–Trinajstić information content (AvgIpc) is 2.04. The molecule has 1 aromatic rings. The molecule has 5 heteroatoms. The number of carbonyl (C=O) groups is 1. The van der Waals surface area contributed by atoms with Crippen molar-refractivity contribution in [3.8, 4) is 0 Å². The summed E-state index contributed by atoms with van der Waals surface area (Å²) in [6, 6.07) is 0. The maximum absolute atomic E-state index is 10.8. The van der Waals surface area contributed by atoms with Crippen molar-refractivity contribution >= 4 is 17.6 Å². The van der Waals surface area contributed by atoms with Crippen molar-refractivity contribution in [3.63, 3.8) is 0 Å². The zero-order valence-electron chi connectivity index (χ0n) is 7.12. The van der Waals surface area contributed by atoms with Gasteiger partial charge in [0.1, 0.15) is 5.56 Å². The van der Waals surface area contributed by atoms with Crippen LogP contribution in [0.1, 0.15) is 29.3 Å². The van der Waals surface area contributed by atoms with E-state index >= 15 is 0 Å². The first-order valence-corrected chi connectivity index (χ1v) is 4.28. The smallest absolute Gasteiger partial charge is 0.339 e. The molecule has 0 aliphatic heterocycles. The molecule has 0 unspecified atom stereocenters. The van der Waals surface area contributed by atoms with Gasteiger partial charge >= 0.3 is 5.97 Å². The van der Waals surface area contributed by atoms with Gasteiger partial charge < -0.3 is 5.11 Å². The molecule has 70 valence electrons. The van der Waals surface area contributed by atoms with Crippen LogP contribution < -0.4 is 0 Å². The Morgan fingerprint density at radius 3 is 2.92 bits per heavy atom. The molecule has 1 rings (SSSR count). The number of halogens is 1. The summed E-state index contributed by atoms with van der Waals surface area (Å²) in [4.78, 5) is 10.8. The van der Waals surface area contributed by atoms with Crippen LogP contribution in [-0.2, 0) is 6.42 Å². The van der Waals surface area contributed by atoms with Gasteiger partial charge in [0.25, 0.3) is 0 Å². The van der Waals surface area contributed by atoms with Crippen LogP contribution in [0.4, 0.5) is 0 Å². The molecule has 0 amide bonds. The SMILES string of the molecule is CCCc1cnnc(Cl)c1C(=O)O. The maximum Gasteiger partial charge on any atom is 0.339 e. The van der Waals surface area contributed by atoms with Gasteiger partial charge in [0.15, 0.2) is 5.15 Å². The van der Waals surface area contributed by atoms with Crippen LogP contribution in [-0.4, -0.2) is 21.3 Å². The fourth-order valence-electron chi connectivity index (χ4n) is 1.08. The van der Waals surface area contributed by atoms with Crippen LogP contribution in [0.25, 0.3) is 0 Å². The number of nitrogens with zero attached hydrogens (tertiary/aromatic N) is 2. The molecule has 0 aromatic carbocycles. The Kier molecular flexibility index (Phi) is 3.19. The number of hydrogen-bond acceptors (Lipinski definition) is 3. The first-order chi connectivity index (χ1) is 6.16. The third-order valence-electron chi connectivity index (χ3n) is 1.62. The van der Waals surface area contributed by atoms with E-state index in [-0.39, 0.29) is 10.7 Å². The number of hydrogen-bond donors (Lipinski definition) is 1. The Balaban J connectivity index is 3.17. The standard InChI is InChI=1S/C8H9ClN2O2/c1-2-3-5-4-10-11-7(9)6(5)8(12)13/h4H,2-3H2,1H3,(H,12,13). The van der Waals surface area contributed by atoms with Crippen LogP contribution in [0.2, 0.25) is 5.15 Å². The van der Waals surface area contributed by atoms with E-state index in [4.69, 9.17) is 16.7 Å². The lowest BCUT2D eigenvalue weighted by molar-refractivity contribution is 0.0695. The lowest BCUT2D eigenvalue weighted by Crippen LogP contribution is -2.06. The minimum Gasteiger partial charge on any atom is -0.478 e. The predicted octanol–water partition coefficient (Wildman–Crippen LogP) is 1.78. The van der Waals surface area contributed by atoms with Crippen molar-refractivity contribution in [2.45, 2.75) is 19.8 Å². The maximum atomic E-state index is 10.8. The summed E-state index contributed by atoms with van der Waals surface area (Å²) in [6.07, 6.45) is 2.94. The van der Waals surface area contributed by atoms with E-state index in [0.29, 0.717) is 12.0 Å². The fraction of sp³-hybridized carbons (Fsp3) is 0.375. The van der Waals surface area contributed by atoms with Crippen LogP contribution in [0, 0.1) is 0 Å². The fourth-order valence-corrected chi connectivity index (χ4v) is 1.33. The molecule has 0 aliphatic carbocycles. The minimum absolute atomic E-state index is 0.0431. The molecule has 0 aliphatic rings. The van der Waals surface area contributed by atoms with E-state index in [9.17, 15) is 4.79 Å². The van der Waals surface area contributed by atoms with Crippen LogP contribution >= 0.6 is 11.6 Å². The molecule has 1 aromatic heterocycles. The number of aryl methyl sites for hydroxylation is 1. The van der Waals surface area contributed by atoms with Gasteiger partial charge in [0.05, 0.1) is 6.20 Å². The van der Waals surface area contributed by atoms with Gasteiger partial charge in [-0.2, -0.15) is 5.10 Å². The van der Waals surface area contributed by atoms with E-state index < -0.39 is 5.97 Å². The number of rotatable bonds is 3. The van der Waals surface area contributed by atoms with Crippen molar-refractivity contribution < 1.29 is 9.90 Å². The molecular weight excluding hydrogens is 192 g/mol. The third kappa shape index (κ3) is 2.15. The second-order valence-electron chi connectivity index (χ2n) is 2.59. The highest BCUT2D eigenvalue weighted by Gasteiger charge is 2.15. The molecule has 0 saturated heterocycles. The Bertz CT molecular complexity index is 328. The minimum atomic E-state index is -1.05. The van der Waals surface area contributed by atoms with Crippen molar-refractivity contribution in [3.05, 3.63) is 22.5 Å². The van der Waals surface area contributed by atoms with Gasteiger partial charge in [0.2, 0.25) is 0 Å². The summed E-state index contributed by atoms with van der Waals surface area (Å²) in [5.74, 6) is -1.05. The zero-order valence-corrected chi connectivity index (χ0v) is 7.88. The summed E-state index contributed by atoms with van der Waals surface area (Å²) in [5.41, 5.74) is 0.702. The summed E-state index contributed by atoms with van der Waals surface area (Å²) in [5, 5.41) is 15.9. The van der Waals surface area contributed by atoms with Crippen LogP contribution in [0.5, 0.6) is 0 Å². The van der Waals surface area contributed by atoms with E-state index in [1.807, 2.05) is 6.92 Å². The lowest BCUT2D eigenvalue weighted by atomic mass is 10.1. The Morgan fingerprint density at radius 2 is 2.38 bits per heavy atom. The van der Waals surface area contributed by atoms with Crippen molar-refractivity contribution in [2.75, 3.05) is 0 Å². The van der Waals surface area contributed by atoms with E-state index in [2.05, 4.69) is 10.2 Å². The highest BCUT2D eigenvalue weighted by atomic mass is 35.5. The van der Waals surface area contributed by atoms with Crippen LogP contribution in [0.15, 0.2) is 6.20 Å². The summed E-state index contributed by atoms with van der Waals surface area (Å²) in [6.45, 7) is 1.96. The molecule has 0 fully saturated rings. The van der Waals surface area contributed by atoms with Crippen molar-refractivity contribution in [1.29, 1.82) is 0 Å². The zero-order chi connectivity index (χ0) is 9.84. The molecule has 0 saturated carbocycles. The Hall–Kier alpha value is -1.16. The summed E-state index contributed by atoms with van der Waals surface area (Å²) < 4.78 is 0. The lowest BCUT2D eigenvalue weighted by Gasteiger charge is -2.03. The third-order valence-corrected chi connectivity index (χ3v) is 1.88. The highest BCUT2D eigenvalue weighted by Crippen LogP contribution is 2.17.